The van der Waals surface area contributed by atoms with Crippen LogP contribution in [0.15, 0.2) is 23.2 Å². The molecule has 1 aliphatic carbocycles. The minimum Gasteiger partial charge on any atom is -0.492 e. The van der Waals surface area contributed by atoms with Crippen molar-refractivity contribution in [2.45, 2.75) is 25.7 Å². The van der Waals surface area contributed by atoms with Gasteiger partial charge in [0.25, 0.3) is 0 Å². The van der Waals surface area contributed by atoms with E-state index in [0.29, 0.717) is 19.0 Å². The van der Waals surface area contributed by atoms with Gasteiger partial charge in [0, 0.05) is 33.8 Å². The van der Waals surface area contributed by atoms with Crippen molar-refractivity contribution in [3.05, 3.63) is 29.8 Å². The molecule has 0 unspecified atom stereocenters. The van der Waals surface area contributed by atoms with E-state index in [1.54, 1.807) is 26.0 Å². The van der Waals surface area contributed by atoms with Crippen molar-refractivity contribution in [3.8, 4) is 5.75 Å². The number of rotatable bonds is 7. The minimum atomic E-state index is -0.939. The first-order chi connectivity index (χ1) is 12.9. The maximum absolute atomic E-state index is 13.1. The van der Waals surface area contributed by atoms with Crippen LogP contribution in [0.4, 0.5) is 8.78 Å². The molecular formula is C19H28F2N4O2. The number of benzene rings is 1. The van der Waals surface area contributed by atoms with Crippen LogP contribution in [-0.2, 0) is 4.79 Å². The maximum Gasteiger partial charge on any atom is 0.230 e. The number of amides is 1. The Balaban J connectivity index is 1.79. The summed E-state index contributed by atoms with van der Waals surface area (Å²) in [5, 5.41) is 6.33. The maximum atomic E-state index is 13.1. The van der Waals surface area contributed by atoms with Gasteiger partial charge in [-0.05, 0) is 25.0 Å². The molecule has 2 N–H and O–H groups in total. The molecule has 0 spiro atoms. The lowest BCUT2D eigenvalue weighted by Crippen LogP contribution is -2.49. The molecule has 1 aromatic carbocycles. The summed E-state index contributed by atoms with van der Waals surface area (Å²) in [4.78, 5) is 18.4. The molecule has 0 radical (unpaired) electrons. The normalized spacial score (nSPS) is 16.1. The van der Waals surface area contributed by atoms with E-state index in [1.165, 1.54) is 6.07 Å². The number of nitrogens with zero attached hydrogens (tertiary/aromatic N) is 2. The van der Waals surface area contributed by atoms with Gasteiger partial charge in [0.2, 0.25) is 5.91 Å². The smallest absolute Gasteiger partial charge is 0.230 e. The Morgan fingerprint density at radius 3 is 2.52 bits per heavy atom. The second kappa shape index (κ2) is 9.53. The standard InChI is InChI=1S/C19H28F2N4O2/c1-22-18(23-10-11-27-14-6-7-15(20)16(21)12-14)24-13-19(8-4-5-9-19)17(26)25(2)3/h6-7,12H,4-5,8-11,13H2,1-3H3,(H2,22,23,24). The molecular weight excluding hydrogens is 354 g/mol. The quantitative estimate of drug-likeness (QED) is 0.431. The first-order valence-corrected chi connectivity index (χ1v) is 9.12. The number of carbonyl (C=O) groups is 1. The number of carbonyl (C=O) groups excluding carboxylic acids is 1. The Bertz CT molecular complexity index is 674. The van der Waals surface area contributed by atoms with E-state index < -0.39 is 11.6 Å². The molecule has 1 amide bonds. The molecule has 8 heteroatoms. The topological polar surface area (TPSA) is 66.0 Å². The van der Waals surface area contributed by atoms with Gasteiger partial charge in [0.1, 0.15) is 12.4 Å². The number of guanidine groups is 1. The molecule has 0 heterocycles. The fourth-order valence-electron chi connectivity index (χ4n) is 3.37. The van der Waals surface area contributed by atoms with Crippen LogP contribution in [0.2, 0.25) is 0 Å². The highest BCUT2D eigenvalue weighted by molar-refractivity contribution is 5.85. The summed E-state index contributed by atoms with van der Waals surface area (Å²) in [6.07, 6.45) is 3.84. The SMILES string of the molecule is CN=C(NCCOc1ccc(F)c(F)c1)NCC1(C(=O)N(C)C)CCCC1. The van der Waals surface area contributed by atoms with Gasteiger partial charge in [0.15, 0.2) is 17.6 Å². The van der Waals surface area contributed by atoms with Crippen molar-refractivity contribution in [2.24, 2.45) is 10.4 Å². The van der Waals surface area contributed by atoms with Crippen molar-refractivity contribution in [3.63, 3.8) is 0 Å². The predicted octanol–water partition coefficient (Wildman–Crippen LogP) is 2.16. The summed E-state index contributed by atoms with van der Waals surface area (Å²) in [5.41, 5.74) is -0.386. The molecule has 0 atom stereocenters. The van der Waals surface area contributed by atoms with Crippen LogP contribution in [0.5, 0.6) is 5.75 Å². The van der Waals surface area contributed by atoms with Crippen molar-refractivity contribution in [1.82, 2.24) is 15.5 Å². The Labute approximate surface area is 159 Å². The molecule has 6 nitrogen and oxygen atoms in total. The molecule has 150 valence electrons. The number of hydrogen-bond donors (Lipinski definition) is 2. The van der Waals surface area contributed by atoms with Crippen LogP contribution in [0, 0.1) is 17.0 Å². The van der Waals surface area contributed by atoms with Gasteiger partial charge in [-0.25, -0.2) is 8.78 Å². The minimum absolute atomic E-state index is 0.143. The van der Waals surface area contributed by atoms with E-state index in [0.717, 1.165) is 37.8 Å². The Morgan fingerprint density at radius 2 is 1.93 bits per heavy atom. The van der Waals surface area contributed by atoms with E-state index in [9.17, 15) is 13.6 Å². The highest BCUT2D eigenvalue weighted by atomic mass is 19.2. The molecule has 1 saturated carbocycles. The number of nitrogens with one attached hydrogen (secondary N) is 2. The average Bonchev–Trinajstić information content (AvgIpc) is 3.13. The van der Waals surface area contributed by atoms with Gasteiger partial charge in [0.05, 0.1) is 12.0 Å². The van der Waals surface area contributed by atoms with Crippen LogP contribution in [0.3, 0.4) is 0 Å². The van der Waals surface area contributed by atoms with Crippen molar-refractivity contribution in [2.75, 3.05) is 40.8 Å². The number of aliphatic imine (C=N–C) groups is 1. The lowest BCUT2D eigenvalue weighted by Gasteiger charge is -2.31. The molecule has 1 aromatic rings. The summed E-state index contributed by atoms with van der Waals surface area (Å²) < 4.78 is 31.4. The highest BCUT2D eigenvalue weighted by Gasteiger charge is 2.42. The zero-order valence-corrected chi connectivity index (χ0v) is 16.1. The summed E-state index contributed by atoms with van der Waals surface area (Å²) >= 11 is 0. The second-order valence-corrected chi connectivity index (χ2v) is 6.96. The molecule has 2 rings (SSSR count). The molecule has 1 aliphatic rings. The van der Waals surface area contributed by atoms with Crippen LogP contribution < -0.4 is 15.4 Å². The van der Waals surface area contributed by atoms with Crippen molar-refractivity contribution < 1.29 is 18.3 Å². The van der Waals surface area contributed by atoms with Gasteiger partial charge >= 0.3 is 0 Å². The first kappa shape index (κ1) is 20.9. The van der Waals surface area contributed by atoms with E-state index >= 15 is 0 Å². The molecule has 27 heavy (non-hydrogen) atoms. The molecule has 0 saturated heterocycles. The fraction of sp³-hybridized carbons (Fsp3) is 0.579. The van der Waals surface area contributed by atoms with Crippen LogP contribution >= 0.6 is 0 Å². The summed E-state index contributed by atoms with van der Waals surface area (Å²) in [6, 6.07) is 3.42. The zero-order valence-electron chi connectivity index (χ0n) is 16.1. The van der Waals surface area contributed by atoms with Crippen molar-refractivity contribution in [1.29, 1.82) is 0 Å². The van der Waals surface area contributed by atoms with Crippen molar-refractivity contribution >= 4 is 11.9 Å². The van der Waals surface area contributed by atoms with Crippen LogP contribution in [0.25, 0.3) is 0 Å². The average molecular weight is 382 g/mol. The summed E-state index contributed by atoms with van der Waals surface area (Å²) in [7, 11) is 5.22. The highest BCUT2D eigenvalue weighted by Crippen LogP contribution is 2.38. The largest absolute Gasteiger partial charge is 0.492 e. The fourth-order valence-corrected chi connectivity index (χ4v) is 3.37. The van der Waals surface area contributed by atoms with Gasteiger partial charge in [-0.3, -0.25) is 9.79 Å². The number of ether oxygens (including phenoxy) is 1. The zero-order chi connectivity index (χ0) is 19.9. The Hall–Kier alpha value is -2.38. The predicted molar refractivity (Wildman–Crippen MR) is 101 cm³/mol. The summed E-state index contributed by atoms with van der Waals surface area (Å²) in [5.74, 6) is -0.866. The molecule has 0 aromatic heterocycles. The van der Waals surface area contributed by atoms with Gasteiger partial charge in [-0.2, -0.15) is 0 Å². The van der Waals surface area contributed by atoms with E-state index in [4.69, 9.17) is 4.74 Å². The third-order valence-electron chi connectivity index (χ3n) is 4.79. The Kier molecular flexibility index (Phi) is 7.38. The van der Waals surface area contributed by atoms with Gasteiger partial charge in [-0.15, -0.1) is 0 Å². The third-order valence-corrected chi connectivity index (χ3v) is 4.79. The number of halogens is 2. The Morgan fingerprint density at radius 1 is 1.22 bits per heavy atom. The second-order valence-electron chi connectivity index (χ2n) is 6.96. The van der Waals surface area contributed by atoms with E-state index in [-0.39, 0.29) is 23.7 Å². The lowest BCUT2D eigenvalue weighted by molar-refractivity contribution is -0.138. The van der Waals surface area contributed by atoms with Gasteiger partial charge < -0.3 is 20.3 Å². The number of hydrogen-bond acceptors (Lipinski definition) is 3. The molecule has 0 bridgehead atoms. The van der Waals surface area contributed by atoms with Gasteiger partial charge in [-0.1, -0.05) is 12.8 Å². The van der Waals surface area contributed by atoms with E-state index in [2.05, 4.69) is 15.6 Å². The first-order valence-electron chi connectivity index (χ1n) is 9.12. The van der Waals surface area contributed by atoms with Crippen LogP contribution in [-0.4, -0.2) is 57.6 Å². The monoisotopic (exact) mass is 382 g/mol. The molecule has 1 fully saturated rings. The van der Waals surface area contributed by atoms with Crippen LogP contribution in [0.1, 0.15) is 25.7 Å². The van der Waals surface area contributed by atoms with E-state index in [1.807, 2.05) is 0 Å². The lowest BCUT2D eigenvalue weighted by atomic mass is 9.84. The third kappa shape index (κ3) is 5.55. The molecule has 0 aliphatic heterocycles. The summed E-state index contributed by atoms with van der Waals surface area (Å²) in [6.45, 7) is 1.20.